The van der Waals surface area contributed by atoms with E-state index in [-0.39, 0.29) is 0 Å². The summed E-state index contributed by atoms with van der Waals surface area (Å²) in [6, 6.07) is 0. The molecule has 0 nitrogen and oxygen atoms in total. The molecule has 0 aliphatic rings. The van der Waals surface area contributed by atoms with Gasteiger partial charge in [-0.2, -0.15) is 0 Å². The number of rotatable bonds is 1. The maximum absolute atomic E-state index is 14.5. The van der Waals surface area contributed by atoms with Crippen molar-refractivity contribution in [3.8, 4) is 0 Å². The Balaban J connectivity index is 2.84. The van der Waals surface area contributed by atoms with E-state index >= 15 is 0 Å². The van der Waals surface area contributed by atoms with E-state index in [0.29, 0.717) is 0 Å². The van der Waals surface area contributed by atoms with Crippen LogP contribution in [0.15, 0.2) is 0 Å². The highest BCUT2D eigenvalue weighted by molar-refractivity contribution is 6.60. The molecular weight excluding hydrogens is 362 g/mol. The van der Waals surface area contributed by atoms with Crippen LogP contribution in [0, 0.1) is 52.4 Å². The highest BCUT2D eigenvalue weighted by Crippen LogP contribution is 2.35. The van der Waals surface area contributed by atoms with Gasteiger partial charge in [0.1, 0.15) is 5.82 Å². The van der Waals surface area contributed by atoms with Crippen LogP contribution in [0.3, 0.4) is 0 Å². The Kier molecular flexibility index (Phi) is 3.88. The fourth-order valence-corrected chi connectivity index (χ4v) is 2.85. The Morgan fingerprint density at radius 1 is 0.400 bits per heavy atom. The van der Waals surface area contributed by atoms with Gasteiger partial charge in [-0.05, 0) is 0 Å². The fourth-order valence-electron chi connectivity index (χ4n) is 2.85. The van der Waals surface area contributed by atoms with Gasteiger partial charge in [0.25, 0.3) is 0 Å². The van der Waals surface area contributed by atoms with E-state index < -0.39 is 86.6 Å². The first-order chi connectivity index (χ1) is 11.6. The van der Waals surface area contributed by atoms with Gasteiger partial charge in [-0.1, -0.05) is 12.3 Å². The summed E-state index contributed by atoms with van der Waals surface area (Å²) in [5.74, 6) is -20.0. The first-order valence-corrected chi connectivity index (χ1v) is 6.76. The average Bonchev–Trinajstić information content (AvgIpc) is 2.59. The summed E-state index contributed by atoms with van der Waals surface area (Å²) in [5.41, 5.74) is -0.739. The topological polar surface area (TPSA) is 0 Å². The van der Waals surface area contributed by atoms with Crippen molar-refractivity contribution in [2.45, 2.75) is 6.82 Å². The molecule has 0 heterocycles. The van der Waals surface area contributed by atoms with Crippen LogP contribution in [0.1, 0.15) is 0 Å². The molecule has 0 fully saturated rings. The lowest BCUT2D eigenvalue weighted by molar-refractivity contribution is 0.413. The molecule has 0 radical (unpaired) electrons. The first kappa shape index (κ1) is 17.4. The Morgan fingerprint density at radius 2 is 0.680 bits per heavy atom. The zero-order valence-corrected chi connectivity index (χ0v) is 12.1. The molecular formula is C15H4BF9. The largest absolute Gasteiger partial charge is 0.205 e. The third-order valence-corrected chi connectivity index (χ3v) is 3.93. The smallest absolute Gasteiger partial charge is 0.198 e. The molecule has 0 amide bonds. The lowest BCUT2D eigenvalue weighted by Crippen LogP contribution is -2.21. The summed E-state index contributed by atoms with van der Waals surface area (Å²) in [7, 11) is -0.476. The standard InChI is InChI=1S/C15H4BF9/c1-16-6-2-4(10(20)14(24)12(22)8(2)18)7(17)5-3(6)9(19)13(23)15(25)11(5)21/h16H,1H3. The molecule has 0 aliphatic heterocycles. The highest BCUT2D eigenvalue weighted by atomic mass is 19.2. The Bertz CT molecular complexity index is 994. The quantitative estimate of drug-likeness (QED) is 0.198. The molecule has 10 heteroatoms. The SMILES string of the molecule is CBc1c2c(F)c(F)c(F)c(F)c2c(F)c2c(F)c(F)c(F)c(F)c12. The van der Waals surface area contributed by atoms with Crippen molar-refractivity contribution >= 4 is 34.3 Å². The van der Waals surface area contributed by atoms with Crippen molar-refractivity contribution in [1.82, 2.24) is 0 Å². The molecule has 0 bridgehead atoms. The summed E-state index contributed by atoms with van der Waals surface area (Å²) >= 11 is 0. The summed E-state index contributed by atoms with van der Waals surface area (Å²) in [6.07, 6.45) is 0. The third kappa shape index (κ3) is 2.05. The molecule has 3 rings (SSSR count). The second-order valence-electron chi connectivity index (χ2n) is 5.16. The predicted octanol–water partition coefficient (Wildman–Crippen LogP) is 4.35. The molecule has 0 N–H and O–H groups in total. The molecule has 0 atom stereocenters. The molecule has 0 saturated heterocycles. The summed E-state index contributed by atoms with van der Waals surface area (Å²) in [5, 5.41) is -5.48. The summed E-state index contributed by atoms with van der Waals surface area (Å²) < 4.78 is 124. The minimum absolute atomic E-state index is 0.476. The summed E-state index contributed by atoms with van der Waals surface area (Å²) in [4.78, 5) is 0. The van der Waals surface area contributed by atoms with E-state index in [9.17, 15) is 39.5 Å². The van der Waals surface area contributed by atoms with Crippen molar-refractivity contribution in [3.05, 3.63) is 52.4 Å². The maximum Gasteiger partial charge on any atom is 0.198 e. The van der Waals surface area contributed by atoms with E-state index in [4.69, 9.17) is 0 Å². The normalized spacial score (nSPS) is 11.6. The predicted molar refractivity (Wildman–Crippen MR) is 73.7 cm³/mol. The van der Waals surface area contributed by atoms with Gasteiger partial charge in [0.15, 0.2) is 53.8 Å². The van der Waals surface area contributed by atoms with Gasteiger partial charge >= 0.3 is 0 Å². The van der Waals surface area contributed by atoms with Gasteiger partial charge in [-0.15, -0.1) is 0 Å². The summed E-state index contributed by atoms with van der Waals surface area (Å²) in [6.45, 7) is 1.18. The molecule has 0 saturated carbocycles. The van der Waals surface area contributed by atoms with E-state index in [1.165, 1.54) is 6.82 Å². The third-order valence-electron chi connectivity index (χ3n) is 3.93. The second-order valence-corrected chi connectivity index (χ2v) is 5.16. The molecule has 3 aromatic rings. The van der Waals surface area contributed by atoms with E-state index in [0.717, 1.165) is 0 Å². The Morgan fingerprint density at radius 3 is 0.960 bits per heavy atom. The van der Waals surface area contributed by atoms with Crippen LogP contribution in [0.4, 0.5) is 39.5 Å². The van der Waals surface area contributed by atoms with Crippen LogP contribution in [-0.2, 0) is 0 Å². The monoisotopic (exact) mass is 366 g/mol. The average molecular weight is 366 g/mol. The molecule has 0 aromatic heterocycles. The van der Waals surface area contributed by atoms with Crippen LogP contribution < -0.4 is 5.46 Å². The van der Waals surface area contributed by atoms with E-state index in [1.54, 1.807) is 0 Å². The van der Waals surface area contributed by atoms with Crippen LogP contribution in [-0.4, -0.2) is 7.28 Å². The number of hydrogen-bond acceptors (Lipinski definition) is 0. The molecule has 0 aliphatic carbocycles. The minimum atomic E-state index is -2.38. The number of benzene rings is 3. The zero-order valence-electron chi connectivity index (χ0n) is 12.1. The van der Waals surface area contributed by atoms with Crippen LogP contribution in [0.25, 0.3) is 21.5 Å². The van der Waals surface area contributed by atoms with Crippen molar-refractivity contribution in [2.24, 2.45) is 0 Å². The first-order valence-electron chi connectivity index (χ1n) is 6.76. The van der Waals surface area contributed by atoms with Gasteiger partial charge in [-0.3, -0.25) is 0 Å². The number of halogens is 9. The van der Waals surface area contributed by atoms with Crippen molar-refractivity contribution < 1.29 is 39.5 Å². The Hall–Kier alpha value is -2.39. The van der Waals surface area contributed by atoms with Crippen LogP contribution in [0.5, 0.6) is 0 Å². The van der Waals surface area contributed by atoms with Crippen LogP contribution in [0.2, 0.25) is 6.82 Å². The molecule has 25 heavy (non-hydrogen) atoms. The van der Waals surface area contributed by atoms with Gasteiger partial charge in [0.2, 0.25) is 0 Å². The van der Waals surface area contributed by atoms with Gasteiger partial charge in [-0.25, -0.2) is 39.5 Å². The highest BCUT2D eigenvalue weighted by Gasteiger charge is 2.32. The van der Waals surface area contributed by atoms with Crippen molar-refractivity contribution in [1.29, 1.82) is 0 Å². The van der Waals surface area contributed by atoms with Crippen LogP contribution >= 0.6 is 0 Å². The fraction of sp³-hybridized carbons (Fsp3) is 0.0667. The molecule has 130 valence electrons. The molecule has 0 spiro atoms. The van der Waals surface area contributed by atoms with E-state index in [2.05, 4.69) is 0 Å². The minimum Gasteiger partial charge on any atom is -0.205 e. The van der Waals surface area contributed by atoms with Gasteiger partial charge in [0, 0.05) is 10.8 Å². The van der Waals surface area contributed by atoms with Gasteiger partial charge in [0.05, 0.1) is 10.8 Å². The van der Waals surface area contributed by atoms with Crippen molar-refractivity contribution in [2.75, 3.05) is 0 Å². The lowest BCUT2D eigenvalue weighted by atomic mass is 9.68. The van der Waals surface area contributed by atoms with Gasteiger partial charge < -0.3 is 0 Å². The zero-order chi connectivity index (χ0) is 18.8. The molecule has 3 aromatic carbocycles. The van der Waals surface area contributed by atoms with E-state index in [1.807, 2.05) is 0 Å². The number of fused-ring (bicyclic) bond motifs is 2. The second kappa shape index (κ2) is 5.57. The van der Waals surface area contributed by atoms with Crippen molar-refractivity contribution in [3.63, 3.8) is 0 Å². The Labute approximate surface area is 134 Å². The number of hydrogen-bond donors (Lipinski definition) is 0. The molecule has 0 unspecified atom stereocenters. The maximum atomic E-state index is 14.5. The lowest BCUT2D eigenvalue weighted by Gasteiger charge is -2.15.